The Morgan fingerprint density at radius 1 is 0.868 bits per heavy atom. The summed E-state index contributed by atoms with van der Waals surface area (Å²) in [6.45, 7) is 5.45. The highest BCUT2D eigenvalue weighted by molar-refractivity contribution is 5.39. The maximum Gasteiger partial charge on any atom is 0.171 e. The molecule has 1 aliphatic heterocycles. The average molecular weight is 525 g/mol. The van der Waals surface area contributed by atoms with E-state index in [2.05, 4.69) is 18.8 Å². The largest absolute Gasteiger partial charge is 0.393 e. The summed E-state index contributed by atoms with van der Waals surface area (Å²) in [5.74, 6) is 8.54. The molecule has 0 radical (unpaired) electrons. The highest BCUT2D eigenvalue weighted by Crippen LogP contribution is 2.68. The Morgan fingerprint density at radius 3 is 2.21 bits per heavy atom. The van der Waals surface area contributed by atoms with Crippen LogP contribution in [0.1, 0.15) is 104 Å². The van der Waals surface area contributed by atoms with E-state index in [-0.39, 0.29) is 11.5 Å². The second kappa shape index (κ2) is 9.05. The van der Waals surface area contributed by atoms with Crippen molar-refractivity contribution in [1.82, 2.24) is 0 Å². The highest BCUT2D eigenvalue weighted by Gasteiger charge is 2.65. The fourth-order valence-corrected chi connectivity index (χ4v) is 10.6. The molecule has 0 aromatic heterocycles. The van der Waals surface area contributed by atoms with Crippen LogP contribution >= 0.6 is 0 Å². The molecule has 1 heterocycles. The van der Waals surface area contributed by atoms with Crippen molar-refractivity contribution >= 4 is 0 Å². The van der Waals surface area contributed by atoms with Gasteiger partial charge < -0.3 is 24.8 Å². The first-order chi connectivity index (χ1) is 18.2. The molecule has 6 fully saturated rings. The monoisotopic (exact) mass is 524 g/mol. The molecule has 7 rings (SSSR count). The summed E-state index contributed by atoms with van der Waals surface area (Å²) >= 11 is 0. The number of ether oxygens (including phenoxy) is 2. The molecule has 0 aromatic rings. The quantitative estimate of drug-likeness (QED) is 0.353. The third kappa shape index (κ3) is 3.84. The average Bonchev–Trinajstić information content (AvgIpc) is 3.61. The summed E-state index contributed by atoms with van der Waals surface area (Å²) in [5.41, 5.74) is 0.897. The van der Waals surface area contributed by atoms with Crippen molar-refractivity contribution in [2.24, 2.45) is 40.9 Å². The van der Waals surface area contributed by atoms with E-state index in [1.165, 1.54) is 18.4 Å². The van der Waals surface area contributed by atoms with Gasteiger partial charge in [0.2, 0.25) is 0 Å². The van der Waals surface area contributed by atoms with Gasteiger partial charge in [-0.05, 0) is 125 Å². The molecule has 5 nitrogen and oxygen atoms in total. The summed E-state index contributed by atoms with van der Waals surface area (Å²) < 4.78 is 12.2. The van der Waals surface area contributed by atoms with Gasteiger partial charge in [-0.3, -0.25) is 0 Å². The van der Waals surface area contributed by atoms with Crippen LogP contribution in [-0.4, -0.2) is 51.6 Å². The van der Waals surface area contributed by atoms with Gasteiger partial charge in [0.05, 0.1) is 24.9 Å². The van der Waals surface area contributed by atoms with Gasteiger partial charge >= 0.3 is 0 Å². The minimum Gasteiger partial charge on any atom is -0.393 e. The molecule has 5 saturated carbocycles. The lowest BCUT2D eigenvalue weighted by atomic mass is 9.48. The molecular weight excluding hydrogens is 476 g/mol. The van der Waals surface area contributed by atoms with Crippen LogP contribution in [0.3, 0.4) is 0 Å². The van der Waals surface area contributed by atoms with E-state index in [0.29, 0.717) is 55.1 Å². The smallest absolute Gasteiger partial charge is 0.171 e. The minimum atomic E-state index is -0.921. The van der Waals surface area contributed by atoms with Gasteiger partial charge in [0, 0.05) is 18.3 Å². The van der Waals surface area contributed by atoms with Crippen molar-refractivity contribution in [3.63, 3.8) is 0 Å². The van der Waals surface area contributed by atoms with E-state index in [0.717, 1.165) is 70.6 Å². The molecule has 0 amide bonds. The minimum absolute atomic E-state index is 0.112. The Labute approximate surface area is 228 Å². The van der Waals surface area contributed by atoms with Crippen molar-refractivity contribution in [3.05, 3.63) is 11.1 Å². The van der Waals surface area contributed by atoms with Gasteiger partial charge in [-0.1, -0.05) is 18.4 Å². The molecule has 0 aromatic carbocycles. The van der Waals surface area contributed by atoms with Crippen molar-refractivity contribution in [3.8, 4) is 11.8 Å². The van der Waals surface area contributed by atoms with Gasteiger partial charge in [0.25, 0.3) is 0 Å². The molecule has 5 heteroatoms. The van der Waals surface area contributed by atoms with Crippen LogP contribution in [0.5, 0.6) is 0 Å². The van der Waals surface area contributed by atoms with Crippen LogP contribution in [0.4, 0.5) is 0 Å². The van der Waals surface area contributed by atoms with Crippen molar-refractivity contribution in [1.29, 1.82) is 0 Å². The molecule has 210 valence electrons. The molecular formula is C33H48O5. The fourth-order valence-electron chi connectivity index (χ4n) is 10.6. The Morgan fingerprint density at radius 2 is 1.55 bits per heavy atom. The van der Waals surface area contributed by atoms with E-state index in [1.807, 2.05) is 6.92 Å². The topological polar surface area (TPSA) is 79.2 Å². The second-order valence-corrected chi connectivity index (χ2v) is 14.5. The van der Waals surface area contributed by atoms with Crippen LogP contribution in [0.2, 0.25) is 0 Å². The standard InChI is InChI=1S/C33H48O5/c1-3-13-32(36)15-11-26-24-10-14-31(35)20-33(37-17-18-38-33)16-12-27(31)28(24)25(19-30(26,32)2)21-4-6-22(7-5-21)29(34)23-8-9-23/h21-26,29,34-36H,4-12,14-20H2,1-2H3/t21?,22?,24?,25-,26?,29?,30+,31-,32+/m1/s1. The Bertz CT molecular complexity index is 1040. The number of fused-ring (bicyclic) bond motifs is 4. The van der Waals surface area contributed by atoms with Crippen LogP contribution < -0.4 is 0 Å². The predicted molar refractivity (Wildman–Crippen MR) is 145 cm³/mol. The summed E-state index contributed by atoms with van der Waals surface area (Å²) in [7, 11) is 0. The zero-order chi connectivity index (χ0) is 26.3. The van der Waals surface area contributed by atoms with Gasteiger partial charge in [0.1, 0.15) is 5.60 Å². The van der Waals surface area contributed by atoms with Crippen LogP contribution in [0.15, 0.2) is 11.1 Å². The third-order valence-corrected chi connectivity index (χ3v) is 12.7. The molecule has 6 aliphatic carbocycles. The maximum absolute atomic E-state index is 12.2. The first kappa shape index (κ1) is 26.0. The summed E-state index contributed by atoms with van der Waals surface area (Å²) in [6.07, 6.45) is 13.6. The zero-order valence-corrected chi connectivity index (χ0v) is 23.5. The normalized spacial score (nSPS) is 48.6. The number of hydrogen-bond acceptors (Lipinski definition) is 5. The molecule has 3 unspecified atom stereocenters. The van der Waals surface area contributed by atoms with E-state index in [9.17, 15) is 15.3 Å². The SMILES string of the molecule is CC#C[C@]1(O)CCC2C3CC[C@@]4(O)CC5(CCC4=C3[C@@H](C3CCC(C(O)C4CC4)CC3)C[C@@]21C)OCCO5. The molecule has 1 spiro atoms. The maximum atomic E-state index is 12.2. The van der Waals surface area contributed by atoms with Crippen LogP contribution in [0.25, 0.3) is 0 Å². The van der Waals surface area contributed by atoms with Crippen molar-refractivity contribution in [2.45, 2.75) is 127 Å². The van der Waals surface area contributed by atoms with Crippen LogP contribution in [0, 0.1) is 52.8 Å². The molecule has 7 atom stereocenters. The first-order valence-corrected chi connectivity index (χ1v) is 15.8. The number of hydrogen-bond donors (Lipinski definition) is 3. The second-order valence-electron chi connectivity index (χ2n) is 14.5. The molecule has 7 aliphatic rings. The summed E-state index contributed by atoms with van der Waals surface area (Å²) in [4.78, 5) is 0. The highest BCUT2D eigenvalue weighted by atomic mass is 16.7. The molecule has 3 N–H and O–H groups in total. The van der Waals surface area contributed by atoms with E-state index in [4.69, 9.17) is 9.47 Å². The third-order valence-electron chi connectivity index (χ3n) is 12.7. The van der Waals surface area contributed by atoms with E-state index < -0.39 is 17.0 Å². The molecule has 0 bridgehead atoms. The lowest BCUT2D eigenvalue weighted by Gasteiger charge is -2.58. The van der Waals surface area contributed by atoms with Gasteiger partial charge in [0.15, 0.2) is 5.79 Å². The van der Waals surface area contributed by atoms with Crippen molar-refractivity contribution in [2.75, 3.05) is 13.2 Å². The predicted octanol–water partition coefficient (Wildman–Crippen LogP) is 5.12. The number of aliphatic hydroxyl groups excluding tert-OH is 1. The Kier molecular flexibility index (Phi) is 6.20. The number of allylic oxidation sites excluding steroid dienone is 1. The Hall–Kier alpha value is -0.900. The lowest BCUT2D eigenvalue weighted by Crippen LogP contribution is -2.56. The fraction of sp³-hybridized carbons (Fsp3) is 0.879. The summed E-state index contributed by atoms with van der Waals surface area (Å²) in [5, 5.41) is 35.0. The van der Waals surface area contributed by atoms with Crippen LogP contribution in [-0.2, 0) is 9.47 Å². The number of aliphatic hydroxyl groups is 3. The lowest BCUT2D eigenvalue weighted by molar-refractivity contribution is -0.208. The zero-order valence-electron chi connectivity index (χ0n) is 23.5. The molecule has 1 saturated heterocycles. The van der Waals surface area contributed by atoms with E-state index in [1.54, 1.807) is 5.57 Å². The summed E-state index contributed by atoms with van der Waals surface area (Å²) in [6, 6.07) is 0. The van der Waals surface area contributed by atoms with Gasteiger partial charge in [-0.15, -0.1) is 5.92 Å². The Balaban J connectivity index is 1.25. The van der Waals surface area contributed by atoms with Crippen molar-refractivity contribution < 1.29 is 24.8 Å². The van der Waals surface area contributed by atoms with Gasteiger partial charge in [-0.2, -0.15) is 0 Å². The first-order valence-electron chi connectivity index (χ1n) is 15.8. The number of rotatable bonds is 3. The van der Waals surface area contributed by atoms with Gasteiger partial charge in [-0.25, -0.2) is 0 Å². The van der Waals surface area contributed by atoms with E-state index >= 15 is 0 Å². The molecule has 38 heavy (non-hydrogen) atoms.